The van der Waals surface area contributed by atoms with Crippen molar-refractivity contribution in [1.82, 2.24) is 9.88 Å². The minimum Gasteiger partial charge on any atom is -0.351 e. The summed E-state index contributed by atoms with van der Waals surface area (Å²) in [5.41, 5.74) is 9.60. The number of hydrogen-bond acceptors (Lipinski definition) is 2. The first-order chi connectivity index (χ1) is 13.8. The minimum atomic E-state index is -0.629. The van der Waals surface area contributed by atoms with Crippen molar-refractivity contribution >= 4 is 17.6 Å². The zero-order valence-electron chi connectivity index (χ0n) is 16.5. The van der Waals surface area contributed by atoms with Crippen molar-refractivity contribution in [2.24, 2.45) is 5.73 Å². The molecule has 0 saturated heterocycles. The van der Waals surface area contributed by atoms with Crippen molar-refractivity contribution in [3.8, 4) is 5.69 Å². The number of urea groups is 1. The first-order valence-corrected chi connectivity index (χ1v) is 9.18. The predicted molar refractivity (Wildman–Crippen MR) is 111 cm³/mol. The summed E-state index contributed by atoms with van der Waals surface area (Å²) in [7, 11) is 0. The molecule has 3 aromatic rings. The maximum Gasteiger partial charge on any atom is 0.316 e. The first-order valence-electron chi connectivity index (χ1n) is 9.18. The molecule has 6 nitrogen and oxygen atoms in total. The van der Waals surface area contributed by atoms with Gasteiger partial charge in [0.25, 0.3) is 5.91 Å². The van der Waals surface area contributed by atoms with Crippen LogP contribution in [0.15, 0.2) is 54.6 Å². The number of nitrogens with zero attached hydrogens (tertiary/aromatic N) is 1. The van der Waals surface area contributed by atoms with Gasteiger partial charge in [0.2, 0.25) is 0 Å². The van der Waals surface area contributed by atoms with Gasteiger partial charge in [-0.2, -0.15) is 0 Å². The fourth-order valence-corrected chi connectivity index (χ4v) is 3.34. The smallest absolute Gasteiger partial charge is 0.316 e. The maximum absolute atomic E-state index is 13.2. The molecule has 0 aliphatic heterocycles. The molecule has 7 heteroatoms. The van der Waals surface area contributed by atoms with Crippen LogP contribution in [0.2, 0.25) is 0 Å². The predicted octanol–water partition coefficient (Wildman–Crippen LogP) is 4.21. The highest BCUT2D eigenvalue weighted by atomic mass is 19.1. The van der Waals surface area contributed by atoms with Crippen molar-refractivity contribution in [2.45, 2.75) is 26.8 Å². The Labute approximate surface area is 168 Å². The molecule has 1 heterocycles. The number of aromatic nitrogens is 1. The second-order valence-electron chi connectivity index (χ2n) is 6.90. The molecule has 29 heavy (non-hydrogen) atoms. The molecule has 0 aliphatic carbocycles. The number of nitrogens with one attached hydrogen (secondary N) is 2. The molecule has 3 amide bonds. The third kappa shape index (κ3) is 4.45. The normalized spacial score (nSPS) is 11.7. The highest BCUT2D eigenvalue weighted by Gasteiger charge is 2.19. The summed E-state index contributed by atoms with van der Waals surface area (Å²) >= 11 is 0. The lowest BCUT2D eigenvalue weighted by Crippen LogP contribution is -2.27. The third-order valence-corrected chi connectivity index (χ3v) is 4.79. The van der Waals surface area contributed by atoms with E-state index in [2.05, 4.69) is 10.6 Å². The Morgan fingerprint density at radius 3 is 2.24 bits per heavy atom. The van der Waals surface area contributed by atoms with Crippen LogP contribution in [-0.2, 0) is 0 Å². The highest BCUT2D eigenvalue weighted by Crippen LogP contribution is 2.22. The Hall–Kier alpha value is -3.61. The van der Waals surface area contributed by atoms with Crippen LogP contribution < -0.4 is 16.4 Å². The Bertz CT molecular complexity index is 1040. The average Bonchev–Trinajstić information content (AvgIpc) is 2.97. The standard InChI is InChI=1S/C22H23FN4O2/c1-13-12-20(15(3)27(13)19-10-6-17(23)7-11-19)21(28)25-14(2)16-4-8-18(9-5-16)26-22(24)29/h4-12,14H,1-3H3,(H,25,28)(H3,24,26,29). The number of carbonyl (C=O) groups is 2. The second kappa shape index (κ2) is 8.18. The van der Waals surface area contributed by atoms with Gasteiger partial charge in [-0.05, 0) is 68.8 Å². The quantitative estimate of drug-likeness (QED) is 0.605. The van der Waals surface area contributed by atoms with Crippen molar-refractivity contribution in [3.05, 3.63) is 82.9 Å². The zero-order chi connectivity index (χ0) is 21.1. The van der Waals surface area contributed by atoms with Crippen LogP contribution in [0, 0.1) is 19.7 Å². The van der Waals surface area contributed by atoms with Gasteiger partial charge in [-0.25, -0.2) is 9.18 Å². The summed E-state index contributed by atoms with van der Waals surface area (Å²) in [4.78, 5) is 23.8. The maximum atomic E-state index is 13.2. The average molecular weight is 394 g/mol. The van der Waals surface area contributed by atoms with Gasteiger partial charge in [-0.3, -0.25) is 4.79 Å². The molecule has 0 aliphatic rings. The van der Waals surface area contributed by atoms with E-state index in [0.29, 0.717) is 11.3 Å². The van der Waals surface area contributed by atoms with Gasteiger partial charge in [-0.15, -0.1) is 0 Å². The number of aryl methyl sites for hydroxylation is 1. The summed E-state index contributed by atoms with van der Waals surface area (Å²) in [5.74, 6) is -0.502. The molecule has 0 bridgehead atoms. The number of benzene rings is 2. The number of primary amides is 1. The number of anilines is 1. The van der Waals surface area contributed by atoms with Crippen molar-refractivity contribution in [2.75, 3.05) is 5.32 Å². The Morgan fingerprint density at radius 2 is 1.66 bits per heavy atom. The highest BCUT2D eigenvalue weighted by molar-refractivity contribution is 5.96. The molecule has 4 N–H and O–H groups in total. The van der Waals surface area contributed by atoms with E-state index in [-0.39, 0.29) is 17.8 Å². The van der Waals surface area contributed by atoms with E-state index < -0.39 is 6.03 Å². The molecule has 1 unspecified atom stereocenters. The van der Waals surface area contributed by atoms with Crippen LogP contribution >= 0.6 is 0 Å². The first kappa shape index (κ1) is 20.1. The summed E-state index contributed by atoms with van der Waals surface area (Å²) < 4.78 is 15.1. The molecular formula is C22H23FN4O2. The van der Waals surface area contributed by atoms with Crippen LogP contribution in [0.5, 0.6) is 0 Å². The summed E-state index contributed by atoms with van der Waals surface area (Å²) in [6.45, 7) is 5.65. The number of rotatable bonds is 5. The minimum absolute atomic E-state index is 0.196. The Kier molecular flexibility index (Phi) is 5.68. The van der Waals surface area contributed by atoms with E-state index in [1.807, 2.05) is 43.5 Å². The van der Waals surface area contributed by atoms with Gasteiger partial charge in [0, 0.05) is 22.8 Å². The molecule has 1 aromatic heterocycles. The van der Waals surface area contributed by atoms with E-state index in [4.69, 9.17) is 5.73 Å². The SMILES string of the molecule is Cc1cc(C(=O)NC(C)c2ccc(NC(N)=O)cc2)c(C)n1-c1ccc(F)cc1. The lowest BCUT2D eigenvalue weighted by molar-refractivity contribution is 0.0939. The number of carbonyl (C=O) groups excluding carboxylic acids is 2. The van der Waals surface area contributed by atoms with E-state index in [1.165, 1.54) is 12.1 Å². The molecular weight excluding hydrogens is 371 g/mol. The van der Waals surface area contributed by atoms with Crippen molar-refractivity contribution in [3.63, 3.8) is 0 Å². The monoisotopic (exact) mass is 394 g/mol. The lowest BCUT2D eigenvalue weighted by atomic mass is 10.1. The van der Waals surface area contributed by atoms with Gasteiger partial charge < -0.3 is 20.9 Å². The van der Waals surface area contributed by atoms with Gasteiger partial charge in [0.05, 0.1) is 11.6 Å². The van der Waals surface area contributed by atoms with E-state index in [1.54, 1.807) is 24.3 Å². The number of nitrogens with two attached hydrogens (primary N) is 1. The van der Waals surface area contributed by atoms with Gasteiger partial charge in [0.15, 0.2) is 0 Å². The molecule has 0 spiro atoms. The number of amides is 3. The largest absolute Gasteiger partial charge is 0.351 e. The Morgan fingerprint density at radius 1 is 1.03 bits per heavy atom. The molecule has 3 rings (SSSR count). The topological polar surface area (TPSA) is 89.2 Å². The van der Waals surface area contributed by atoms with Crippen molar-refractivity contribution in [1.29, 1.82) is 0 Å². The number of halogens is 1. The molecule has 2 aromatic carbocycles. The zero-order valence-corrected chi connectivity index (χ0v) is 16.5. The van der Waals surface area contributed by atoms with Gasteiger partial charge >= 0.3 is 6.03 Å². The Balaban J connectivity index is 1.78. The second-order valence-corrected chi connectivity index (χ2v) is 6.90. The summed E-state index contributed by atoms with van der Waals surface area (Å²) in [6.07, 6.45) is 0. The van der Waals surface area contributed by atoms with Crippen LogP contribution in [0.4, 0.5) is 14.9 Å². The van der Waals surface area contributed by atoms with Crippen LogP contribution in [0.3, 0.4) is 0 Å². The molecule has 0 saturated carbocycles. The molecule has 1 atom stereocenters. The van der Waals surface area contributed by atoms with Gasteiger partial charge in [0.1, 0.15) is 5.82 Å². The number of hydrogen-bond donors (Lipinski definition) is 3. The molecule has 150 valence electrons. The van der Waals surface area contributed by atoms with Crippen LogP contribution in [-0.4, -0.2) is 16.5 Å². The fraction of sp³-hybridized carbons (Fsp3) is 0.182. The summed E-state index contributed by atoms with van der Waals surface area (Å²) in [5, 5.41) is 5.49. The third-order valence-electron chi connectivity index (χ3n) is 4.79. The fourth-order valence-electron chi connectivity index (χ4n) is 3.34. The van der Waals surface area contributed by atoms with E-state index in [0.717, 1.165) is 22.6 Å². The molecule has 0 radical (unpaired) electrons. The van der Waals surface area contributed by atoms with Crippen LogP contribution in [0.1, 0.15) is 40.3 Å². The molecule has 0 fully saturated rings. The van der Waals surface area contributed by atoms with E-state index >= 15 is 0 Å². The summed E-state index contributed by atoms with van der Waals surface area (Å²) in [6, 6.07) is 14.2. The van der Waals surface area contributed by atoms with Crippen LogP contribution in [0.25, 0.3) is 5.69 Å². The lowest BCUT2D eigenvalue weighted by Gasteiger charge is -2.15. The van der Waals surface area contributed by atoms with E-state index in [9.17, 15) is 14.0 Å². The van der Waals surface area contributed by atoms with Gasteiger partial charge in [-0.1, -0.05) is 12.1 Å². The van der Waals surface area contributed by atoms with Crippen molar-refractivity contribution < 1.29 is 14.0 Å².